The van der Waals surface area contributed by atoms with Crippen LogP contribution in [0.25, 0.3) is 0 Å². The molecule has 1 saturated heterocycles. The second kappa shape index (κ2) is 7.04. The first kappa shape index (κ1) is 15.3. The highest BCUT2D eigenvalue weighted by atomic mass is 16.5. The number of nitrogens with one attached hydrogen (secondary N) is 2. The van der Waals surface area contributed by atoms with Gasteiger partial charge in [-0.25, -0.2) is 4.79 Å². The zero-order valence-electron chi connectivity index (χ0n) is 11.8. The van der Waals surface area contributed by atoms with Crippen LogP contribution >= 0.6 is 0 Å². The van der Waals surface area contributed by atoms with E-state index in [4.69, 9.17) is 4.74 Å². The standard InChI is InChI=1S/C14H24N2O4/c17-12(9-11-10-15-7-8-20-11)16-14(13(18)19)5-3-1-2-4-6-14/h11,15H,1-10H2,(H,16,17)(H,18,19). The van der Waals surface area contributed by atoms with Crippen LogP contribution in [0.15, 0.2) is 0 Å². The summed E-state index contributed by atoms with van der Waals surface area (Å²) in [6, 6.07) is 0. The first-order valence-electron chi connectivity index (χ1n) is 7.49. The summed E-state index contributed by atoms with van der Waals surface area (Å²) in [6.45, 7) is 2.05. The Balaban J connectivity index is 1.92. The summed E-state index contributed by atoms with van der Waals surface area (Å²) in [4.78, 5) is 23.7. The Morgan fingerprint density at radius 3 is 2.50 bits per heavy atom. The summed E-state index contributed by atoms with van der Waals surface area (Å²) in [5.74, 6) is -1.13. The van der Waals surface area contributed by atoms with Crippen LogP contribution < -0.4 is 10.6 Å². The van der Waals surface area contributed by atoms with Crippen molar-refractivity contribution in [3.8, 4) is 0 Å². The van der Waals surface area contributed by atoms with Gasteiger partial charge in [-0.3, -0.25) is 4.79 Å². The number of carboxylic acid groups (broad SMARTS) is 1. The lowest BCUT2D eigenvalue weighted by atomic mass is 9.90. The Morgan fingerprint density at radius 2 is 1.95 bits per heavy atom. The van der Waals surface area contributed by atoms with Gasteiger partial charge in [0.2, 0.25) is 5.91 Å². The van der Waals surface area contributed by atoms with E-state index in [0.717, 1.165) is 32.2 Å². The number of carbonyl (C=O) groups excluding carboxylic acids is 1. The van der Waals surface area contributed by atoms with Crippen LogP contribution in [-0.2, 0) is 14.3 Å². The van der Waals surface area contributed by atoms with Crippen molar-refractivity contribution < 1.29 is 19.4 Å². The Kier molecular flexibility index (Phi) is 5.37. The number of morpholine rings is 1. The van der Waals surface area contributed by atoms with Gasteiger partial charge in [0.05, 0.1) is 19.1 Å². The van der Waals surface area contributed by atoms with Gasteiger partial charge < -0.3 is 20.5 Å². The fourth-order valence-corrected chi connectivity index (χ4v) is 3.00. The zero-order valence-corrected chi connectivity index (χ0v) is 11.8. The fraction of sp³-hybridized carbons (Fsp3) is 0.857. The van der Waals surface area contributed by atoms with Gasteiger partial charge in [0.1, 0.15) is 5.54 Å². The van der Waals surface area contributed by atoms with E-state index in [9.17, 15) is 14.7 Å². The molecule has 0 radical (unpaired) electrons. The molecule has 1 atom stereocenters. The van der Waals surface area contributed by atoms with Gasteiger partial charge in [-0.05, 0) is 12.8 Å². The molecule has 20 heavy (non-hydrogen) atoms. The largest absolute Gasteiger partial charge is 0.480 e. The topological polar surface area (TPSA) is 87.7 Å². The molecule has 0 aromatic carbocycles. The molecule has 2 rings (SSSR count). The van der Waals surface area contributed by atoms with Gasteiger partial charge in [0.15, 0.2) is 0 Å². The SMILES string of the molecule is O=C(CC1CNCCO1)NC1(C(=O)O)CCCCCC1. The minimum absolute atomic E-state index is 0.152. The van der Waals surface area contributed by atoms with Gasteiger partial charge in [0, 0.05) is 13.1 Å². The van der Waals surface area contributed by atoms with Crippen LogP contribution in [-0.4, -0.2) is 48.3 Å². The second-order valence-corrected chi connectivity index (χ2v) is 5.75. The molecule has 6 heteroatoms. The van der Waals surface area contributed by atoms with E-state index in [2.05, 4.69) is 10.6 Å². The molecule has 2 aliphatic rings. The maximum absolute atomic E-state index is 12.1. The molecule has 114 valence electrons. The Labute approximate surface area is 119 Å². The van der Waals surface area contributed by atoms with Crippen LogP contribution in [0, 0.1) is 0 Å². The van der Waals surface area contributed by atoms with Crippen molar-refractivity contribution in [2.75, 3.05) is 19.7 Å². The molecule has 1 saturated carbocycles. The van der Waals surface area contributed by atoms with Gasteiger partial charge in [0.25, 0.3) is 0 Å². The van der Waals surface area contributed by atoms with Crippen molar-refractivity contribution in [3.63, 3.8) is 0 Å². The smallest absolute Gasteiger partial charge is 0.329 e. The summed E-state index contributed by atoms with van der Waals surface area (Å²) in [6.07, 6.45) is 4.92. The minimum Gasteiger partial charge on any atom is -0.480 e. The zero-order chi connectivity index (χ0) is 14.4. The Morgan fingerprint density at radius 1 is 1.25 bits per heavy atom. The summed E-state index contributed by atoms with van der Waals surface area (Å²) in [5.41, 5.74) is -1.07. The van der Waals surface area contributed by atoms with E-state index >= 15 is 0 Å². The monoisotopic (exact) mass is 284 g/mol. The molecule has 1 heterocycles. The molecule has 1 unspecified atom stereocenters. The lowest BCUT2D eigenvalue weighted by molar-refractivity contribution is -0.149. The highest BCUT2D eigenvalue weighted by Crippen LogP contribution is 2.27. The number of hydrogen-bond donors (Lipinski definition) is 3. The molecule has 0 aromatic heterocycles. The number of aliphatic carboxylic acids is 1. The Bertz CT molecular complexity index is 345. The maximum Gasteiger partial charge on any atom is 0.329 e. The Hall–Kier alpha value is -1.14. The van der Waals surface area contributed by atoms with Crippen LogP contribution in [0.2, 0.25) is 0 Å². The first-order valence-corrected chi connectivity index (χ1v) is 7.49. The van der Waals surface area contributed by atoms with E-state index in [1.165, 1.54) is 0 Å². The van der Waals surface area contributed by atoms with Crippen LogP contribution in [0.4, 0.5) is 0 Å². The average Bonchev–Trinajstić information content (AvgIpc) is 2.66. The summed E-state index contributed by atoms with van der Waals surface area (Å²) >= 11 is 0. The minimum atomic E-state index is -1.07. The average molecular weight is 284 g/mol. The van der Waals surface area contributed by atoms with Crippen LogP contribution in [0.1, 0.15) is 44.9 Å². The van der Waals surface area contributed by atoms with Gasteiger partial charge in [-0.2, -0.15) is 0 Å². The number of hydrogen-bond acceptors (Lipinski definition) is 4. The van der Waals surface area contributed by atoms with Crippen molar-refractivity contribution >= 4 is 11.9 Å². The highest BCUT2D eigenvalue weighted by Gasteiger charge is 2.40. The van der Waals surface area contributed by atoms with Gasteiger partial charge in [-0.1, -0.05) is 25.7 Å². The van der Waals surface area contributed by atoms with Gasteiger partial charge >= 0.3 is 5.97 Å². The highest BCUT2D eigenvalue weighted by molar-refractivity contribution is 5.87. The van der Waals surface area contributed by atoms with Crippen LogP contribution in [0.3, 0.4) is 0 Å². The summed E-state index contributed by atoms with van der Waals surface area (Å²) in [7, 11) is 0. The van der Waals surface area contributed by atoms with Crippen molar-refractivity contribution in [1.82, 2.24) is 10.6 Å². The number of amides is 1. The van der Waals surface area contributed by atoms with Crippen molar-refractivity contribution in [2.45, 2.75) is 56.6 Å². The maximum atomic E-state index is 12.1. The van der Waals surface area contributed by atoms with E-state index in [1.54, 1.807) is 0 Å². The molecule has 2 fully saturated rings. The molecular formula is C14H24N2O4. The molecule has 3 N–H and O–H groups in total. The summed E-state index contributed by atoms with van der Waals surface area (Å²) < 4.78 is 5.49. The molecule has 1 aliphatic carbocycles. The number of carbonyl (C=O) groups is 2. The lowest BCUT2D eigenvalue weighted by Gasteiger charge is -2.30. The normalized spacial score (nSPS) is 26.5. The van der Waals surface area contributed by atoms with Crippen molar-refractivity contribution in [3.05, 3.63) is 0 Å². The summed E-state index contributed by atoms with van der Waals surface area (Å²) in [5, 5.41) is 15.4. The number of rotatable bonds is 4. The van der Waals surface area contributed by atoms with E-state index < -0.39 is 11.5 Å². The van der Waals surface area contributed by atoms with Crippen molar-refractivity contribution in [2.24, 2.45) is 0 Å². The molecular weight excluding hydrogens is 260 g/mol. The second-order valence-electron chi connectivity index (χ2n) is 5.75. The third-order valence-electron chi connectivity index (χ3n) is 4.16. The lowest BCUT2D eigenvalue weighted by Crippen LogP contribution is -2.55. The number of ether oxygens (including phenoxy) is 1. The predicted octanol–water partition coefficient (Wildman–Crippen LogP) is 0.659. The van der Waals surface area contributed by atoms with Crippen molar-refractivity contribution in [1.29, 1.82) is 0 Å². The van der Waals surface area contributed by atoms with Crippen LogP contribution in [0.5, 0.6) is 0 Å². The number of carboxylic acids is 1. The molecule has 0 spiro atoms. The molecule has 1 amide bonds. The van der Waals surface area contributed by atoms with E-state index in [0.29, 0.717) is 26.0 Å². The predicted molar refractivity (Wildman–Crippen MR) is 73.4 cm³/mol. The molecule has 0 aromatic rings. The quantitative estimate of drug-likeness (QED) is 0.660. The third kappa shape index (κ3) is 3.93. The van der Waals surface area contributed by atoms with E-state index in [1.807, 2.05) is 0 Å². The first-order chi connectivity index (χ1) is 9.62. The third-order valence-corrected chi connectivity index (χ3v) is 4.16. The van der Waals surface area contributed by atoms with E-state index in [-0.39, 0.29) is 18.4 Å². The molecule has 1 aliphatic heterocycles. The fourth-order valence-electron chi connectivity index (χ4n) is 3.00. The molecule has 0 bridgehead atoms. The van der Waals surface area contributed by atoms with Gasteiger partial charge in [-0.15, -0.1) is 0 Å². The molecule has 6 nitrogen and oxygen atoms in total.